The number of rotatable bonds is 8. The molecule has 0 spiro atoms. The van der Waals surface area contributed by atoms with E-state index in [0.717, 1.165) is 31.7 Å². The van der Waals surface area contributed by atoms with Gasteiger partial charge >= 0.3 is 0 Å². The van der Waals surface area contributed by atoms with E-state index in [-0.39, 0.29) is 16.3 Å². The molecule has 1 rings (SSSR count). The van der Waals surface area contributed by atoms with Gasteiger partial charge in [0.15, 0.2) is 9.84 Å². The number of benzene rings is 1. The van der Waals surface area contributed by atoms with Crippen molar-refractivity contribution in [1.82, 2.24) is 0 Å². The number of hydrogen-bond donors (Lipinski definition) is 1. The minimum atomic E-state index is -3.47. The number of nitrogen functional groups attached to an aromatic ring is 1. The standard InChI is InChI=1S/C14H22FNO2S/c1-2-3-4-5-6-7-10-19(17,18)14-11-12(15)8-9-13(14)16/h8-9,11H,2-7,10,16H2,1H3. The highest BCUT2D eigenvalue weighted by Gasteiger charge is 2.17. The van der Waals surface area contributed by atoms with Crippen LogP contribution in [0.5, 0.6) is 0 Å². The zero-order chi connectivity index (χ0) is 14.3. The van der Waals surface area contributed by atoms with Crippen LogP contribution in [0.3, 0.4) is 0 Å². The van der Waals surface area contributed by atoms with Crippen LogP contribution in [0, 0.1) is 5.82 Å². The number of anilines is 1. The fraction of sp³-hybridized carbons (Fsp3) is 0.571. The van der Waals surface area contributed by atoms with E-state index in [4.69, 9.17) is 5.73 Å². The summed E-state index contributed by atoms with van der Waals surface area (Å²) < 4.78 is 37.2. The molecule has 0 heterocycles. The molecule has 0 radical (unpaired) electrons. The summed E-state index contributed by atoms with van der Waals surface area (Å²) in [6.45, 7) is 2.14. The summed E-state index contributed by atoms with van der Waals surface area (Å²) in [4.78, 5) is -0.0824. The second-order valence-corrected chi connectivity index (χ2v) is 6.85. The third kappa shape index (κ3) is 5.19. The van der Waals surface area contributed by atoms with Gasteiger partial charge in [0.1, 0.15) is 5.82 Å². The summed E-state index contributed by atoms with van der Waals surface area (Å²) in [7, 11) is -3.47. The Balaban J connectivity index is 2.54. The molecule has 0 saturated carbocycles. The van der Waals surface area contributed by atoms with E-state index in [1.165, 1.54) is 18.6 Å². The Hall–Kier alpha value is -1.10. The van der Waals surface area contributed by atoms with E-state index in [1.54, 1.807) is 0 Å². The minimum absolute atomic E-state index is 0.0345. The fourth-order valence-electron chi connectivity index (χ4n) is 1.96. The molecule has 0 aliphatic heterocycles. The van der Waals surface area contributed by atoms with Gasteiger partial charge in [-0.05, 0) is 24.6 Å². The highest BCUT2D eigenvalue weighted by molar-refractivity contribution is 7.91. The first-order chi connectivity index (χ1) is 8.97. The number of halogens is 1. The highest BCUT2D eigenvalue weighted by atomic mass is 32.2. The summed E-state index contributed by atoms with van der Waals surface area (Å²) in [5, 5.41) is 0. The van der Waals surface area contributed by atoms with Gasteiger partial charge in [-0.15, -0.1) is 0 Å². The molecule has 3 nitrogen and oxygen atoms in total. The molecule has 0 aromatic heterocycles. The van der Waals surface area contributed by atoms with Crippen LogP contribution in [0.4, 0.5) is 10.1 Å². The van der Waals surface area contributed by atoms with Gasteiger partial charge < -0.3 is 5.73 Å². The summed E-state index contributed by atoms with van der Waals surface area (Å²) in [6.07, 6.45) is 6.01. The van der Waals surface area contributed by atoms with Gasteiger partial charge in [-0.25, -0.2) is 12.8 Å². The van der Waals surface area contributed by atoms with Crippen LogP contribution in [-0.4, -0.2) is 14.2 Å². The fourth-order valence-corrected chi connectivity index (χ4v) is 3.48. The number of sulfone groups is 1. The molecule has 0 amide bonds. The van der Waals surface area contributed by atoms with Crippen molar-refractivity contribution in [3.63, 3.8) is 0 Å². The van der Waals surface area contributed by atoms with Gasteiger partial charge in [0.2, 0.25) is 0 Å². The van der Waals surface area contributed by atoms with Gasteiger partial charge in [0.05, 0.1) is 16.3 Å². The predicted octanol–water partition coefficient (Wildman–Crippen LogP) is 3.54. The maximum absolute atomic E-state index is 13.1. The predicted molar refractivity (Wildman–Crippen MR) is 76.2 cm³/mol. The lowest BCUT2D eigenvalue weighted by Crippen LogP contribution is -2.10. The van der Waals surface area contributed by atoms with Crippen molar-refractivity contribution in [3.05, 3.63) is 24.0 Å². The number of unbranched alkanes of at least 4 members (excludes halogenated alkanes) is 5. The molecular weight excluding hydrogens is 265 g/mol. The topological polar surface area (TPSA) is 60.2 Å². The lowest BCUT2D eigenvalue weighted by molar-refractivity contribution is 0.580. The first-order valence-corrected chi connectivity index (χ1v) is 8.40. The average Bonchev–Trinajstić information content (AvgIpc) is 2.36. The van der Waals surface area contributed by atoms with Gasteiger partial charge in [0, 0.05) is 0 Å². The smallest absolute Gasteiger partial charge is 0.180 e. The molecule has 0 unspecified atom stereocenters. The maximum Gasteiger partial charge on any atom is 0.180 e. The van der Waals surface area contributed by atoms with E-state index < -0.39 is 15.7 Å². The third-order valence-electron chi connectivity index (χ3n) is 3.08. The summed E-state index contributed by atoms with van der Waals surface area (Å²) in [6, 6.07) is 3.46. The second kappa shape index (κ2) is 7.48. The Kier molecular flexibility index (Phi) is 6.28. The van der Waals surface area contributed by atoms with Crippen LogP contribution in [0.25, 0.3) is 0 Å². The Morgan fingerprint density at radius 3 is 2.42 bits per heavy atom. The van der Waals surface area contributed by atoms with E-state index >= 15 is 0 Å². The molecule has 0 bridgehead atoms. The van der Waals surface area contributed by atoms with Crippen LogP contribution < -0.4 is 5.73 Å². The zero-order valence-corrected chi connectivity index (χ0v) is 12.2. The van der Waals surface area contributed by atoms with Crippen molar-refractivity contribution in [2.45, 2.75) is 50.3 Å². The lowest BCUT2D eigenvalue weighted by atomic mass is 10.1. The quantitative estimate of drug-likeness (QED) is 0.587. The van der Waals surface area contributed by atoms with Crippen LogP contribution in [0.15, 0.2) is 23.1 Å². The van der Waals surface area contributed by atoms with Crippen molar-refractivity contribution in [2.24, 2.45) is 0 Å². The first kappa shape index (κ1) is 16.0. The lowest BCUT2D eigenvalue weighted by Gasteiger charge is -2.07. The van der Waals surface area contributed by atoms with Gasteiger partial charge in [-0.2, -0.15) is 0 Å². The molecule has 0 aliphatic rings. The molecule has 0 saturated heterocycles. The van der Waals surface area contributed by atoms with Gasteiger partial charge in [-0.1, -0.05) is 39.0 Å². The molecule has 1 aromatic rings. The molecule has 108 valence electrons. The Morgan fingerprint density at radius 2 is 1.74 bits per heavy atom. The van der Waals surface area contributed by atoms with Crippen molar-refractivity contribution < 1.29 is 12.8 Å². The summed E-state index contributed by atoms with van der Waals surface area (Å²) in [5.41, 5.74) is 5.72. The Bertz CT molecular complexity index is 500. The van der Waals surface area contributed by atoms with Crippen molar-refractivity contribution >= 4 is 15.5 Å². The average molecular weight is 287 g/mol. The molecule has 2 N–H and O–H groups in total. The van der Waals surface area contributed by atoms with Gasteiger partial charge in [-0.3, -0.25) is 0 Å². The number of nitrogens with two attached hydrogens (primary N) is 1. The van der Waals surface area contributed by atoms with E-state index in [1.807, 2.05) is 0 Å². The third-order valence-corrected chi connectivity index (χ3v) is 4.93. The first-order valence-electron chi connectivity index (χ1n) is 6.75. The Labute approximate surface area is 114 Å². The second-order valence-electron chi connectivity index (χ2n) is 4.77. The molecule has 19 heavy (non-hydrogen) atoms. The van der Waals surface area contributed by atoms with Crippen molar-refractivity contribution in [2.75, 3.05) is 11.5 Å². The molecule has 5 heteroatoms. The normalized spacial score (nSPS) is 11.7. The van der Waals surface area contributed by atoms with Gasteiger partial charge in [0.25, 0.3) is 0 Å². The SMILES string of the molecule is CCCCCCCCS(=O)(=O)c1cc(F)ccc1N. The highest BCUT2D eigenvalue weighted by Crippen LogP contribution is 2.21. The molecular formula is C14H22FNO2S. The van der Waals surface area contributed by atoms with E-state index in [0.29, 0.717) is 6.42 Å². The minimum Gasteiger partial charge on any atom is -0.398 e. The zero-order valence-electron chi connectivity index (χ0n) is 11.4. The Morgan fingerprint density at radius 1 is 1.11 bits per heavy atom. The molecule has 0 aliphatic carbocycles. The number of hydrogen-bond acceptors (Lipinski definition) is 3. The van der Waals surface area contributed by atoms with E-state index in [9.17, 15) is 12.8 Å². The van der Waals surface area contributed by atoms with Crippen molar-refractivity contribution in [3.8, 4) is 0 Å². The molecule has 1 aromatic carbocycles. The van der Waals surface area contributed by atoms with Crippen LogP contribution in [0.2, 0.25) is 0 Å². The summed E-state index contributed by atoms with van der Waals surface area (Å²) >= 11 is 0. The summed E-state index contributed by atoms with van der Waals surface area (Å²) in [5.74, 6) is -0.539. The van der Waals surface area contributed by atoms with Crippen molar-refractivity contribution in [1.29, 1.82) is 0 Å². The van der Waals surface area contributed by atoms with Crippen LogP contribution >= 0.6 is 0 Å². The monoisotopic (exact) mass is 287 g/mol. The molecule has 0 atom stereocenters. The van der Waals surface area contributed by atoms with Crippen LogP contribution in [-0.2, 0) is 9.84 Å². The maximum atomic E-state index is 13.1. The largest absolute Gasteiger partial charge is 0.398 e. The molecule has 0 fully saturated rings. The van der Waals surface area contributed by atoms with E-state index in [2.05, 4.69) is 6.92 Å². The van der Waals surface area contributed by atoms with Crippen LogP contribution in [0.1, 0.15) is 45.4 Å².